The Balaban J connectivity index is 1.93. The molecule has 1 aliphatic rings. The topological polar surface area (TPSA) is 17.0 Å². The van der Waals surface area contributed by atoms with Crippen molar-refractivity contribution < 1.29 is 0 Å². The Morgan fingerprint density at radius 2 is 2.22 bits per heavy atom. The molecule has 1 aromatic carbocycles. The summed E-state index contributed by atoms with van der Waals surface area (Å²) < 4.78 is 3.52. The Morgan fingerprint density at radius 1 is 1.39 bits per heavy atom. The maximum atomic E-state index is 3.67. The number of aryl methyl sites for hydroxylation is 1. The van der Waals surface area contributed by atoms with Gasteiger partial charge in [0.25, 0.3) is 0 Å². The van der Waals surface area contributed by atoms with Gasteiger partial charge in [0.15, 0.2) is 0 Å². The lowest BCUT2D eigenvalue weighted by Gasteiger charge is -2.26. The lowest BCUT2D eigenvalue weighted by atomic mass is 9.93. The minimum Gasteiger partial charge on any atom is -0.347 e. The third kappa shape index (κ3) is 2.10. The zero-order valence-corrected chi connectivity index (χ0v) is 12.3. The van der Waals surface area contributed by atoms with Gasteiger partial charge in [-0.05, 0) is 47.3 Å². The van der Waals surface area contributed by atoms with Crippen molar-refractivity contribution in [2.75, 3.05) is 0 Å². The molecular formula is C15H19BrN2. The van der Waals surface area contributed by atoms with Crippen LogP contribution in [0.4, 0.5) is 0 Å². The van der Waals surface area contributed by atoms with E-state index in [1.165, 1.54) is 40.2 Å². The van der Waals surface area contributed by atoms with Crippen molar-refractivity contribution in [1.29, 1.82) is 0 Å². The van der Waals surface area contributed by atoms with E-state index in [1.54, 1.807) is 0 Å². The van der Waals surface area contributed by atoms with Gasteiger partial charge >= 0.3 is 0 Å². The van der Waals surface area contributed by atoms with Gasteiger partial charge in [-0.2, -0.15) is 0 Å². The van der Waals surface area contributed by atoms with Gasteiger partial charge in [-0.25, -0.2) is 0 Å². The molecule has 0 radical (unpaired) electrons. The van der Waals surface area contributed by atoms with Crippen molar-refractivity contribution in [2.24, 2.45) is 0 Å². The largest absolute Gasteiger partial charge is 0.347 e. The van der Waals surface area contributed by atoms with Crippen molar-refractivity contribution in [1.82, 2.24) is 9.88 Å². The van der Waals surface area contributed by atoms with Crippen molar-refractivity contribution in [3.8, 4) is 0 Å². The third-order valence-corrected chi connectivity index (χ3v) is 4.60. The maximum absolute atomic E-state index is 3.67. The summed E-state index contributed by atoms with van der Waals surface area (Å²) in [5.41, 5.74) is 2.74. The number of rotatable bonds is 4. The zero-order valence-electron chi connectivity index (χ0n) is 10.7. The molecule has 2 nitrogen and oxygen atoms in total. The number of hydrogen-bond donors (Lipinski definition) is 1. The van der Waals surface area contributed by atoms with Gasteiger partial charge in [-0.1, -0.05) is 18.6 Å². The predicted molar refractivity (Wildman–Crippen MR) is 79.8 cm³/mol. The molecule has 0 bridgehead atoms. The van der Waals surface area contributed by atoms with Crippen LogP contribution in [0.5, 0.6) is 0 Å². The highest BCUT2D eigenvalue weighted by atomic mass is 79.9. The summed E-state index contributed by atoms with van der Waals surface area (Å²) in [7, 11) is 0. The molecule has 96 valence electrons. The maximum Gasteiger partial charge on any atom is 0.0627 e. The molecule has 3 heteroatoms. The molecule has 2 aromatic rings. The van der Waals surface area contributed by atoms with Gasteiger partial charge in [0, 0.05) is 35.2 Å². The van der Waals surface area contributed by atoms with Crippen LogP contribution in [0.15, 0.2) is 28.9 Å². The normalized spacial score (nSPS) is 16.1. The second-order valence-corrected chi connectivity index (χ2v) is 5.94. The highest BCUT2D eigenvalue weighted by Gasteiger charge is 2.17. The highest BCUT2D eigenvalue weighted by molar-refractivity contribution is 9.10. The van der Waals surface area contributed by atoms with Crippen molar-refractivity contribution in [3.63, 3.8) is 0 Å². The van der Waals surface area contributed by atoms with Crippen molar-refractivity contribution >= 4 is 26.8 Å². The molecule has 1 aliphatic carbocycles. The lowest BCUT2D eigenvalue weighted by Crippen LogP contribution is -2.34. The smallest absolute Gasteiger partial charge is 0.0627 e. The number of nitrogens with one attached hydrogen (secondary N) is 1. The Morgan fingerprint density at radius 3 is 2.89 bits per heavy atom. The number of benzene rings is 1. The summed E-state index contributed by atoms with van der Waals surface area (Å²) >= 11 is 3.67. The molecule has 1 heterocycles. The van der Waals surface area contributed by atoms with E-state index in [4.69, 9.17) is 0 Å². The second-order valence-electron chi connectivity index (χ2n) is 5.09. The van der Waals surface area contributed by atoms with E-state index >= 15 is 0 Å². The Hall–Kier alpha value is -0.800. The van der Waals surface area contributed by atoms with Gasteiger partial charge in [-0.3, -0.25) is 0 Å². The Labute approximate surface area is 116 Å². The fourth-order valence-corrected chi connectivity index (χ4v) is 3.24. The van der Waals surface area contributed by atoms with E-state index < -0.39 is 0 Å². The fraction of sp³-hybridized carbons (Fsp3) is 0.467. The van der Waals surface area contributed by atoms with Crippen LogP contribution in [0.3, 0.4) is 0 Å². The standard InChI is InChI=1S/C15H19BrN2/c1-2-18-10-11(9-17-12-5-3-6-12)13-7-4-8-14(16)15(13)18/h4,7-8,10,12,17H,2-3,5-6,9H2,1H3. The van der Waals surface area contributed by atoms with Gasteiger partial charge in [0.2, 0.25) is 0 Å². The van der Waals surface area contributed by atoms with Crippen molar-refractivity contribution in [2.45, 2.75) is 45.3 Å². The van der Waals surface area contributed by atoms with E-state index in [2.05, 4.69) is 57.1 Å². The summed E-state index contributed by atoms with van der Waals surface area (Å²) in [4.78, 5) is 0. The second kappa shape index (κ2) is 5.06. The van der Waals surface area contributed by atoms with Crippen LogP contribution in [-0.2, 0) is 13.1 Å². The summed E-state index contributed by atoms with van der Waals surface area (Å²) in [6.07, 6.45) is 6.37. The minimum atomic E-state index is 0.747. The van der Waals surface area contributed by atoms with Gasteiger partial charge in [0.1, 0.15) is 0 Å². The van der Waals surface area contributed by atoms with Crippen LogP contribution in [0.1, 0.15) is 31.7 Å². The van der Waals surface area contributed by atoms with Gasteiger partial charge in [0.05, 0.1) is 5.52 Å². The fourth-order valence-electron chi connectivity index (χ4n) is 2.65. The Kier molecular flexibility index (Phi) is 3.44. The number of hydrogen-bond acceptors (Lipinski definition) is 1. The number of aromatic nitrogens is 1. The summed E-state index contributed by atoms with van der Waals surface area (Å²) in [6, 6.07) is 7.22. The van der Waals surface area contributed by atoms with Crippen LogP contribution >= 0.6 is 15.9 Å². The molecule has 0 spiro atoms. The van der Waals surface area contributed by atoms with Crippen LogP contribution in [0, 0.1) is 0 Å². The van der Waals surface area contributed by atoms with E-state index in [9.17, 15) is 0 Å². The highest BCUT2D eigenvalue weighted by Crippen LogP contribution is 2.29. The van der Waals surface area contributed by atoms with Crippen LogP contribution in [0.2, 0.25) is 0 Å². The number of halogens is 1. The first-order chi connectivity index (χ1) is 8.79. The molecule has 1 N–H and O–H groups in total. The predicted octanol–water partition coefficient (Wildman–Crippen LogP) is 4.07. The molecule has 1 saturated carbocycles. The summed E-state index contributed by atoms with van der Waals surface area (Å²) in [6.45, 7) is 4.20. The average Bonchev–Trinajstić information content (AvgIpc) is 2.67. The lowest BCUT2D eigenvalue weighted by molar-refractivity contribution is 0.338. The van der Waals surface area contributed by atoms with Crippen LogP contribution in [-0.4, -0.2) is 10.6 Å². The van der Waals surface area contributed by atoms with Gasteiger partial charge in [-0.15, -0.1) is 0 Å². The van der Waals surface area contributed by atoms with E-state index in [0.717, 1.165) is 19.1 Å². The number of para-hydroxylation sites is 1. The average molecular weight is 307 g/mol. The monoisotopic (exact) mass is 306 g/mol. The zero-order chi connectivity index (χ0) is 12.5. The quantitative estimate of drug-likeness (QED) is 0.901. The molecule has 0 unspecified atom stereocenters. The van der Waals surface area contributed by atoms with E-state index in [0.29, 0.717) is 0 Å². The van der Waals surface area contributed by atoms with Crippen molar-refractivity contribution in [3.05, 3.63) is 34.4 Å². The number of fused-ring (bicyclic) bond motifs is 1. The third-order valence-electron chi connectivity index (χ3n) is 3.96. The molecular weight excluding hydrogens is 288 g/mol. The Bertz CT molecular complexity index is 555. The number of nitrogens with zero attached hydrogens (tertiary/aromatic N) is 1. The molecule has 0 atom stereocenters. The SMILES string of the molecule is CCn1cc(CNC2CCC2)c2cccc(Br)c21. The molecule has 3 rings (SSSR count). The molecule has 1 aromatic heterocycles. The molecule has 18 heavy (non-hydrogen) atoms. The first-order valence-electron chi connectivity index (χ1n) is 6.79. The summed E-state index contributed by atoms with van der Waals surface area (Å²) in [5, 5.41) is 5.03. The first-order valence-corrected chi connectivity index (χ1v) is 7.58. The summed E-state index contributed by atoms with van der Waals surface area (Å²) in [5.74, 6) is 0. The van der Waals surface area contributed by atoms with Gasteiger partial charge < -0.3 is 9.88 Å². The molecule has 1 fully saturated rings. The van der Waals surface area contributed by atoms with Crippen LogP contribution < -0.4 is 5.32 Å². The minimum absolute atomic E-state index is 0.747. The van der Waals surface area contributed by atoms with E-state index in [-0.39, 0.29) is 0 Å². The molecule has 0 aliphatic heterocycles. The molecule has 0 saturated heterocycles. The van der Waals surface area contributed by atoms with E-state index in [1.807, 2.05) is 0 Å². The first kappa shape index (κ1) is 12.2. The molecule has 0 amide bonds. The van der Waals surface area contributed by atoms with Crippen LogP contribution in [0.25, 0.3) is 10.9 Å².